The number of hydrazine groups is 1. The number of fused-ring (bicyclic) bond motifs is 1. The zero-order valence-electron chi connectivity index (χ0n) is 8.15. The predicted molar refractivity (Wildman–Crippen MR) is 52.1 cm³/mol. The van der Waals surface area contributed by atoms with Crippen LogP contribution < -0.4 is 0 Å². The summed E-state index contributed by atoms with van der Waals surface area (Å²) in [5.41, 5.74) is 1.35. The number of hydrogen-bond acceptors (Lipinski definition) is 2. The lowest BCUT2D eigenvalue weighted by atomic mass is 10.0. The van der Waals surface area contributed by atoms with Crippen LogP contribution >= 0.6 is 0 Å². The van der Waals surface area contributed by atoms with Gasteiger partial charge in [-0.2, -0.15) is 0 Å². The van der Waals surface area contributed by atoms with Crippen LogP contribution in [0, 0.1) is 15.9 Å². The molecule has 1 heterocycles. The third-order valence-corrected chi connectivity index (χ3v) is 2.65. The van der Waals surface area contributed by atoms with Gasteiger partial charge < -0.3 is 0 Å². The highest BCUT2D eigenvalue weighted by Crippen LogP contribution is 2.21. The molecule has 0 N–H and O–H groups in total. The van der Waals surface area contributed by atoms with Crippen LogP contribution in [-0.4, -0.2) is 16.6 Å². The number of hydrogen-bond donors (Lipinski definition) is 0. The third-order valence-electron chi connectivity index (χ3n) is 2.65. The summed E-state index contributed by atoms with van der Waals surface area (Å²) in [7, 11) is 0. The van der Waals surface area contributed by atoms with Crippen LogP contribution in [0.15, 0.2) is 18.2 Å². The molecule has 0 radical (unpaired) electrons. The summed E-state index contributed by atoms with van der Waals surface area (Å²) in [5.74, 6) is -0.346. The first-order chi connectivity index (χ1) is 7.18. The van der Waals surface area contributed by atoms with E-state index in [0.717, 1.165) is 10.6 Å². The normalized spacial score (nSPS) is 15.7. The molecule has 0 aliphatic carbocycles. The number of nitrogens with zero attached hydrogens (tertiary/aromatic N) is 2. The monoisotopic (exact) mass is 210 g/mol. The first-order valence-electron chi connectivity index (χ1n) is 4.84. The van der Waals surface area contributed by atoms with Crippen molar-refractivity contribution in [2.45, 2.75) is 19.4 Å². The van der Waals surface area contributed by atoms with Crippen LogP contribution in [-0.2, 0) is 13.0 Å². The maximum absolute atomic E-state index is 13.4. The second kappa shape index (κ2) is 3.84. The molecule has 0 unspecified atom stereocenters. The molecule has 0 spiro atoms. The summed E-state index contributed by atoms with van der Waals surface area (Å²) in [5, 5.41) is 11.2. The van der Waals surface area contributed by atoms with Gasteiger partial charge >= 0.3 is 0 Å². The summed E-state index contributed by atoms with van der Waals surface area (Å²) < 4.78 is 13.4. The van der Waals surface area contributed by atoms with E-state index in [1.807, 2.05) is 6.07 Å². The third kappa shape index (κ3) is 1.91. The number of nitro groups is 1. The van der Waals surface area contributed by atoms with E-state index in [9.17, 15) is 14.5 Å². The fraction of sp³-hybridized carbons (Fsp3) is 0.400. The van der Waals surface area contributed by atoms with Crippen molar-refractivity contribution >= 4 is 0 Å². The van der Waals surface area contributed by atoms with E-state index in [-0.39, 0.29) is 12.4 Å². The molecule has 0 saturated carbocycles. The molecule has 0 aromatic heterocycles. The van der Waals surface area contributed by atoms with Gasteiger partial charge in [0.1, 0.15) is 12.4 Å². The first-order valence-corrected chi connectivity index (χ1v) is 4.84. The minimum atomic E-state index is -0.457. The molecule has 4 nitrogen and oxygen atoms in total. The molecule has 0 fully saturated rings. The Labute approximate surface area is 86.4 Å². The van der Waals surface area contributed by atoms with Crippen LogP contribution in [0.25, 0.3) is 0 Å². The number of benzene rings is 1. The molecule has 0 amide bonds. The highest BCUT2D eigenvalue weighted by atomic mass is 19.1. The molecule has 1 aliphatic rings. The molecule has 5 heteroatoms. The summed E-state index contributed by atoms with van der Waals surface area (Å²) in [6.45, 7) is 0.441. The second-order valence-corrected chi connectivity index (χ2v) is 3.61. The van der Waals surface area contributed by atoms with Gasteiger partial charge in [0.2, 0.25) is 0 Å². The van der Waals surface area contributed by atoms with Gasteiger partial charge in [-0.1, -0.05) is 12.1 Å². The van der Waals surface area contributed by atoms with Gasteiger partial charge in [-0.15, -0.1) is 5.01 Å². The van der Waals surface area contributed by atoms with E-state index in [1.54, 1.807) is 6.07 Å². The number of aryl methyl sites for hydroxylation is 1. The summed E-state index contributed by atoms with van der Waals surface area (Å²) in [6.07, 6.45) is 1.40. The largest absolute Gasteiger partial charge is 0.235 e. The standard InChI is InChI=1S/C10H11FN2O2/c11-10-5-1-3-8-4-2-6-12(13(14)15)7-9(8)10/h1,3,5H,2,4,6-7H2. The fourth-order valence-corrected chi connectivity index (χ4v) is 1.87. The molecule has 15 heavy (non-hydrogen) atoms. The highest BCUT2D eigenvalue weighted by molar-refractivity contribution is 5.29. The van der Waals surface area contributed by atoms with E-state index in [4.69, 9.17) is 0 Å². The minimum absolute atomic E-state index is 0.0645. The van der Waals surface area contributed by atoms with Crippen molar-refractivity contribution in [1.82, 2.24) is 5.01 Å². The Hall–Kier alpha value is -1.65. The van der Waals surface area contributed by atoms with E-state index in [2.05, 4.69) is 0 Å². The predicted octanol–water partition coefficient (Wildman–Crippen LogP) is 1.77. The van der Waals surface area contributed by atoms with Gasteiger partial charge in [0.05, 0.1) is 6.54 Å². The van der Waals surface area contributed by atoms with E-state index in [1.165, 1.54) is 6.07 Å². The van der Waals surface area contributed by atoms with Crippen molar-refractivity contribution in [3.8, 4) is 0 Å². The lowest BCUT2D eigenvalue weighted by Gasteiger charge is -2.11. The van der Waals surface area contributed by atoms with Crippen molar-refractivity contribution in [3.63, 3.8) is 0 Å². The summed E-state index contributed by atoms with van der Waals surface area (Å²) in [6, 6.07) is 4.83. The maximum atomic E-state index is 13.4. The molecule has 0 atom stereocenters. The fourth-order valence-electron chi connectivity index (χ4n) is 1.87. The molecule has 2 rings (SSSR count). The Morgan fingerprint density at radius 3 is 3.00 bits per heavy atom. The van der Waals surface area contributed by atoms with Crippen LogP contribution in [0.5, 0.6) is 0 Å². The zero-order chi connectivity index (χ0) is 10.8. The minimum Gasteiger partial charge on any atom is -0.235 e. The molecular weight excluding hydrogens is 199 g/mol. The summed E-state index contributed by atoms with van der Waals surface area (Å²) in [4.78, 5) is 10.6. The van der Waals surface area contributed by atoms with Crippen molar-refractivity contribution in [1.29, 1.82) is 0 Å². The smallest absolute Gasteiger partial charge is 0.160 e. The molecule has 0 bridgehead atoms. The van der Waals surface area contributed by atoms with Crippen molar-refractivity contribution in [2.24, 2.45) is 0 Å². The van der Waals surface area contributed by atoms with Gasteiger partial charge in [-0.05, 0) is 24.5 Å². The summed E-state index contributed by atoms with van der Waals surface area (Å²) >= 11 is 0. The average Bonchev–Trinajstić information content (AvgIpc) is 2.40. The van der Waals surface area contributed by atoms with Crippen LogP contribution in [0.4, 0.5) is 4.39 Å². The molecule has 1 aliphatic heterocycles. The van der Waals surface area contributed by atoms with Crippen LogP contribution in [0.1, 0.15) is 17.5 Å². The molecular formula is C10H11FN2O2. The number of halogens is 1. The maximum Gasteiger partial charge on any atom is 0.160 e. The Morgan fingerprint density at radius 1 is 1.47 bits per heavy atom. The van der Waals surface area contributed by atoms with E-state index >= 15 is 0 Å². The zero-order valence-corrected chi connectivity index (χ0v) is 8.15. The molecule has 1 aromatic carbocycles. The van der Waals surface area contributed by atoms with E-state index < -0.39 is 5.03 Å². The van der Waals surface area contributed by atoms with E-state index in [0.29, 0.717) is 24.9 Å². The lowest BCUT2D eigenvalue weighted by Crippen LogP contribution is -2.29. The van der Waals surface area contributed by atoms with Crippen molar-refractivity contribution < 1.29 is 9.42 Å². The van der Waals surface area contributed by atoms with Gasteiger partial charge in [0.25, 0.3) is 0 Å². The molecule has 0 saturated heterocycles. The van der Waals surface area contributed by atoms with Crippen molar-refractivity contribution in [3.05, 3.63) is 45.3 Å². The topological polar surface area (TPSA) is 46.4 Å². The SMILES string of the molecule is O=[N+]([O-])N1CCCc2cccc(F)c2C1. The Morgan fingerprint density at radius 2 is 2.27 bits per heavy atom. The average molecular weight is 210 g/mol. The Kier molecular flexibility index (Phi) is 2.53. The quantitative estimate of drug-likeness (QED) is 0.524. The molecule has 80 valence electrons. The lowest BCUT2D eigenvalue weighted by molar-refractivity contribution is -0.659. The van der Waals surface area contributed by atoms with Gasteiger partial charge in [0, 0.05) is 5.56 Å². The van der Waals surface area contributed by atoms with Gasteiger partial charge in [-0.25, -0.2) is 14.5 Å². The Balaban J connectivity index is 2.35. The first kappa shape index (κ1) is 9.89. The van der Waals surface area contributed by atoms with Crippen molar-refractivity contribution in [2.75, 3.05) is 6.54 Å². The second-order valence-electron chi connectivity index (χ2n) is 3.61. The molecule has 1 aromatic rings. The number of rotatable bonds is 1. The Bertz CT molecular complexity index is 395. The van der Waals surface area contributed by atoms with Gasteiger partial charge in [0.15, 0.2) is 5.03 Å². The van der Waals surface area contributed by atoms with Crippen LogP contribution in [0.3, 0.4) is 0 Å². The van der Waals surface area contributed by atoms with Gasteiger partial charge in [-0.3, -0.25) is 0 Å². The van der Waals surface area contributed by atoms with Crippen LogP contribution in [0.2, 0.25) is 0 Å². The highest BCUT2D eigenvalue weighted by Gasteiger charge is 2.22.